The minimum Gasteiger partial charge on any atom is -0.399 e. The molecule has 6 atom stereocenters. The van der Waals surface area contributed by atoms with E-state index in [-0.39, 0.29) is 59.6 Å². The number of Topliss-reactive ketones (excluding diaryl/α,β-unsaturated/α-hetero) is 1. The van der Waals surface area contributed by atoms with Crippen LogP contribution < -0.4 is 5.73 Å². The number of nitrogen functional groups attached to an aromatic ring is 1. The van der Waals surface area contributed by atoms with Crippen LogP contribution in [0, 0.1) is 40.9 Å². The molecule has 1 aromatic rings. The van der Waals surface area contributed by atoms with E-state index in [2.05, 4.69) is 12.8 Å². The summed E-state index contributed by atoms with van der Waals surface area (Å²) in [5.41, 5.74) is 10.9. The third kappa shape index (κ3) is 4.84. The molecule has 0 aromatic heterocycles. The first-order chi connectivity index (χ1) is 18.0. The molecule has 0 radical (unpaired) electrons. The SMILES string of the molecule is COCC(=O)[C@H]1CC[C@H]2[C@@H]3CC(CC#CC(F)(F)F)C4=CC(=O)CCC4=C3[C@@H](c3ccc(N)cc3)C[C@]12C. The zero-order valence-electron chi connectivity index (χ0n) is 21.9. The lowest BCUT2D eigenvalue weighted by Gasteiger charge is -2.53. The highest BCUT2D eigenvalue weighted by Gasteiger charge is 2.58. The number of carbonyl (C=O) groups is 2. The number of fused-ring (bicyclic) bond motifs is 4. The Bertz CT molecular complexity index is 1250. The molecule has 0 aliphatic heterocycles. The summed E-state index contributed by atoms with van der Waals surface area (Å²) in [7, 11) is 1.54. The largest absolute Gasteiger partial charge is 0.457 e. The topological polar surface area (TPSA) is 69.4 Å². The van der Waals surface area contributed by atoms with Crippen LogP contribution in [0.5, 0.6) is 0 Å². The first-order valence-corrected chi connectivity index (χ1v) is 13.4. The lowest BCUT2D eigenvalue weighted by molar-refractivity contribution is -0.131. The second-order valence-electron chi connectivity index (χ2n) is 11.6. The van der Waals surface area contributed by atoms with Gasteiger partial charge >= 0.3 is 6.18 Å². The Morgan fingerprint density at radius 2 is 1.92 bits per heavy atom. The molecule has 38 heavy (non-hydrogen) atoms. The van der Waals surface area contributed by atoms with Crippen LogP contribution in [0.15, 0.2) is 47.1 Å². The lowest BCUT2D eigenvalue weighted by Crippen LogP contribution is -2.46. The molecular weight excluding hydrogens is 491 g/mol. The maximum atomic E-state index is 13.2. The van der Waals surface area contributed by atoms with Crippen LogP contribution in [-0.4, -0.2) is 31.5 Å². The van der Waals surface area contributed by atoms with Crippen molar-refractivity contribution in [2.75, 3.05) is 19.5 Å². The maximum absolute atomic E-state index is 13.2. The zero-order valence-corrected chi connectivity index (χ0v) is 21.9. The maximum Gasteiger partial charge on any atom is 0.457 e. The molecule has 1 unspecified atom stereocenters. The molecule has 0 spiro atoms. The van der Waals surface area contributed by atoms with E-state index in [0.717, 1.165) is 36.0 Å². The molecule has 4 nitrogen and oxygen atoms in total. The first-order valence-electron chi connectivity index (χ1n) is 13.4. The summed E-state index contributed by atoms with van der Waals surface area (Å²) in [6.45, 7) is 2.31. The number of carbonyl (C=O) groups excluding carboxylic acids is 2. The molecule has 5 rings (SSSR count). The Balaban J connectivity index is 1.64. The van der Waals surface area contributed by atoms with Crippen molar-refractivity contribution < 1.29 is 27.5 Å². The van der Waals surface area contributed by atoms with Gasteiger partial charge in [-0.3, -0.25) is 9.59 Å². The van der Waals surface area contributed by atoms with Crippen molar-refractivity contribution in [2.45, 2.75) is 64.0 Å². The normalized spacial score (nSPS) is 32.5. The second-order valence-corrected chi connectivity index (χ2v) is 11.6. The third-order valence-corrected chi connectivity index (χ3v) is 9.52. The van der Waals surface area contributed by atoms with Gasteiger partial charge in [-0.05, 0) is 90.2 Å². The van der Waals surface area contributed by atoms with E-state index in [1.165, 1.54) is 11.5 Å². The predicted octanol–water partition coefficient (Wildman–Crippen LogP) is 6.18. The average molecular weight is 526 g/mol. The van der Waals surface area contributed by atoms with Crippen molar-refractivity contribution >= 4 is 17.3 Å². The number of benzene rings is 1. The number of hydrogen-bond donors (Lipinski definition) is 1. The minimum absolute atomic E-state index is 0.0207. The van der Waals surface area contributed by atoms with Gasteiger partial charge in [-0.1, -0.05) is 30.6 Å². The monoisotopic (exact) mass is 525 g/mol. The van der Waals surface area contributed by atoms with Crippen molar-refractivity contribution in [1.82, 2.24) is 0 Å². The van der Waals surface area contributed by atoms with E-state index >= 15 is 0 Å². The molecule has 2 saturated carbocycles. The van der Waals surface area contributed by atoms with Gasteiger partial charge in [0.05, 0.1) is 0 Å². The minimum atomic E-state index is -4.54. The molecule has 0 saturated heterocycles. The predicted molar refractivity (Wildman–Crippen MR) is 139 cm³/mol. The van der Waals surface area contributed by atoms with E-state index < -0.39 is 6.18 Å². The molecule has 202 valence electrons. The van der Waals surface area contributed by atoms with Crippen LogP contribution >= 0.6 is 0 Å². The van der Waals surface area contributed by atoms with E-state index in [1.807, 2.05) is 24.3 Å². The van der Waals surface area contributed by atoms with Gasteiger partial charge in [0, 0.05) is 43.4 Å². The van der Waals surface area contributed by atoms with Crippen molar-refractivity contribution in [1.29, 1.82) is 0 Å². The average Bonchev–Trinajstić information content (AvgIpc) is 3.20. The van der Waals surface area contributed by atoms with E-state index in [0.29, 0.717) is 24.9 Å². The summed E-state index contributed by atoms with van der Waals surface area (Å²) in [5, 5.41) is 0. The van der Waals surface area contributed by atoms with E-state index in [9.17, 15) is 22.8 Å². The molecule has 7 heteroatoms. The van der Waals surface area contributed by atoms with Crippen molar-refractivity contribution in [3.63, 3.8) is 0 Å². The number of nitrogens with two attached hydrogens (primary N) is 1. The molecule has 4 aliphatic carbocycles. The number of methoxy groups -OCH3 is 1. The Kier molecular flexibility index (Phi) is 7.06. The van der Waals surface area contributed by atoms with Crippen LogP contribution in [0.3, 0.4) is 0 Å². The van der Waals surface area contributed by atoms with Crippen LogP contribution in [0.25, 0.3) is 0 Å². The number of ketones is 2. The fourth-order valence-corrected chi connectivity index (χ4v) is 8.07. The number of anilines is 1. The number of halogens is 3. The van der Waals surface area contributed by atoms with Crippen LogP contribution in [0.1, 0.15) is 63.4 Å². The number of hydrogen-bond acceptors (Lipinski definition) is 4. The van der Waals surface area contributed by atoms with Crippen LogP contribution in [0.2, 0.25) is 0 Å². The third-order valence-electron chi connectivity index (χ3n) is 9.52. The van der Waals surface area contributed by atoms with Crippen molar-refractivity contribution in [2.24, 2.45) is 29.1 Å². The molecule has 0 amide bonds. The standard InChI is InChI=1S/C31H34F3NO3/c1-30-16-25(18-5-7-20(35)8-6-18)29-22-10-9-21(36)15-23(22)19(4-3-13-31(32,33)34)14-24(29)26(30)11-12-27(30)28(37)17-38-2/h5-8,15,19,24-27H,4,9-12,14,16-17,35H2,1-2H3/t19?,24-,25+,26-,27+,30-/m0/s1. The Labute approximate surface area is 221 Å². The quantitative estimate of drug-likeness (QED) is 0.368. The van der Waals surface area contributed by atoms with Crippen molar-refractivity contribution in [3.8, 4) is 11.8 Å². The van der Waals surface area contributed by atoms with E-state index in [4.69, 9.17) is 10.5 Å². The number of rotatable bonds is 5. The summed E-state index contributed by atoms with van der Waals surface area (Å²) in [5.74, 6) is 3.98. The first kappa shape index (κ1) is 26.7. The fraction of sp³-hybridized carbons (Fsp3) is 0.548. The Hall–Kier alpha value is -2.85. The van der Waals surface area contributed by atoms with Gasteiger partial charge in [0.25, 0.3) is 0 Å². The van der Waals surface area contributed by atoms with Crippen LogP contribution in [0.4, 0.5) is 18.9 Å². The summed E-state index contributed by atoms with van der Waals surface area (Å²) in [6.07, 6.45) is 1.31. The Morgan fingerprint density at radius 1 is 1.18 bits per heavy atom. The summed E-state index contributed by atoms with van der Waals surface area (Å²) < 4.78 is 43.8. The van der Waals surface area contributed by atoms with Gasteiger partial charge in [0.15, 0.2) is 11.6 Å². The van der Waals surface area contributed by atoms with Gasteiger partial charge in [-0.25, -0.2) is 0 Å². The highest BCUT2D eigenvalue weighted by Crippen LogP contribution is 2.66. The molecular formula is C31H34F3NO3. The van der Waals surface area contributed by atoms with Crippen LogP contribution in [-0.2, 0) is 14.3 Å². The molecule has 1 aromatic carbocycles. The smallest absolute Gasteiger partial charge is 0.399 e. The summed E-state index contributed by atoms with van der Waals surface area (Å²) >= 11 is 0. The summed E-state index contributed by atoms with van der Waals surface area (Å²) in [6, 6.07) is 7.89. The molecule has 2 fully saturated rings. The molecule has 2 N–H and O–H groups in total. The highest BCUT2D eigenvalue weighted by molar-refractivity contribution is 5.93. The molecule has 0 bridgehead atoms. The second kappa shape index (κ2) is 10.0. The fourth-order valence-electron chi connectivity index (χ4n) is 8.07. The van der Waals surface area contributed by atoms with Crippen molar-refractivity contribution in [3.05, 3.63) is 52.6 Å². The lowest BCUT2D eigenvalue weighted by atomic mass is 9.50. The number of alkyl halides is 3. The van der Waals surface area contributed by atoms with Gasteiger partial charge < -0.3 is 10.5 Å². The van der Waals surface area contributed by atoms with Gasteiger partial charge in [0.2, 0.25) is 0 Å². The summed E-state index contributed by atoms with van der Waals surface area (Å²) in [4.78, 5) is 25.7. The zero-order chi connectivity index (χ0) is 27.2. The van der Waals surface area contributed by atoms with Gasteiger partial charge in [-0.2, -0.15) is 13.2 Å². The molecule has 4 aliphatic rings. The molecule has 0 heterocycles. The van der Waals surface area contributed by atoms with E-state index in [1.54, 1.807) is 13.2 Å². The number of allylic oxidation sites excluding steroid dienone is 4. The number of ether oxygens (including phenoxy) is 1. The van der Waals surface area contributed by atoms with Gasteiger partial charge in [0.1, 0.15) is 6.61 Å². The van der Waals surface area contributed by atoms with Gasteiger partial charge in [-0.15, -0.1) is 0 Å². The Morgan fingerprint density at radius 3 is 2.61 bits per heavy atom. The highest BCUT2D eigenvalue weighted by atomic mass is 19.4.